The molecule has 6 nitrogen and oxygen atoms in total. The van der Waals surface area contributed by atoms with Gasteiger partial charge in [0.05, 0.1) is 24.9 Å². The van der Waals surface area contributed by atoms with E-state index in [1.54, 1.807) is 16.9 Å². The minimum absolute atomic E-state index is 0.159. The number of nitrogens with one attached hydrogen (secondary N) is 2. The molecule has 128 valence electrons. The van der Waals surface area contributed by atoms with Crippen molar-refractivity contribution in [2.75, 3.05) is 6.61 Å². The summed E-state index contributed by atoms with van der Waals surface area (Å²) in [5.41, 5.74) is 1.73. The van der Waals surface area contributed by atoms with Crippen LogP contribution in [-0.4, -0.2) is 22.4 Å². The van der Waals surface area contributed by atoms with Crippen LogP contribution in [0.15, 0.2) is 30.6 Å². The second kappa shape index (κ2) is 6.90. The molecular formula is C17H21FN4O2. The van der Waals surface area contributed by atoms with Gasteiger partial charge in [-0.2, -0.15) is 5.10 Å². The molecule has 7 heteroatoms. The normalized spacial score (nSPS) is 18.0. The van der Waals surface area contributed by atoms with E-state index in [4.69, 9.17) is 4.74 Å². The van der Waals surface area contributed by atoms with E-state index in [1.165, 1.54) is 12.1 Å². The zero-order chi connectivity index (χ0) is 17.1. The van der Waals surface area contributed by atoms with Gasteiger partial charge in [0.2, 0.25) is 0 Å². The summed E-state index contributed by atoms with van der Waals surface area (Å²) < 4.78 is 20.7. The smallest absolute Gasteiger partial charge is 0.315 e. The van der Waals surface area contributed by atoms with E-state index in [0.717, 1.165) is 24.0 Å². The maximum Gasteiger partial charge on any atom is 0.315 e. The highest BCUT2D eigenvalue weighted by Crippen LogP contribution is 2.32. The molecule has 2 heterocycles. The van der Waals surface area contributed by atoms with Crippen molar-refractivity contribution in [2.45, 2.75) is 31.8 Å². The molecule has 0 bridgehead atoms. The Balaban J connectivity index is 1.68. The molecule has 1 aliphatic rings. The van der Waals surface area contributed by atoms with Gasteiger partial charge in [0, 0.05) is 30.4 Å². The number of ether oxygens (including phenoxy) is 1. The lowest BCUT2D eigenvalue weighted by Gasteiger charge is -2.20. The molecule has 2 N–H and O–H groups in total. The number of urea groups is 1. The number of rotatable bonds is 3. The van der Waals surface area contributed by atoms with Crippen LogP contribution < -0.4 is 15.4 Å². The maximum absolute atomic E-state index is 13.4. The molecule has 0 aliphatic carbocycles. The lowest BCUT2D eigenvalue weighted by atomic mass is 10.0. The Hall–Kier alpha value is -2.57. The van der Waals surface area contributed by atoms with Crippen molar-refractivity contribution in [3.8, 4) is 5.75 Å². The van der Waals surface area contributed by atoms with E-state index in [1.807, 2.05) is 20.2 Å². The molecule has 24 heavy (non-hydrogen) atoms. The number of benzene rings is 1. The van der Waals surface area contributed by atoms with Gasteiger partial charge in [-0.15, -0.1) is 0 Å². The van der Waals surface area contributed by atoms with Crippen LogP contribution >= 0.6 is 0 Å². The van der Waals surface area contributed by atoms with Crippen molar-refractivity contribution < 1.29 is 13.9 Å². The van der Waals surface area contributed by atoms with Crippen LogP contribution in [0.4, 0.5) is 9.18 Å². The first-order valence-corrected chi connectivity index (χ1v) is 8.01. The van der Waals surface area contributed by atoms with Crippen molar-refractivity contribution >= 4 is 6.03 Å². The lowest BCUT2D eigenvalue weighted by molar-refractivity contribution is 0.233. The fourth-order valence-corrected chi connectivity index (χ4v) is 2.84. The average Bonchev–Trinajstić information content (AvgIpc) is 2.88. The highest BCUT2D eigenvalue weighted by Gasteiger charge is 2.22. The number of carbonyl (C=O) groups excluding carboxylic acids is 1. The third kappa shape index (κ3) is 3.67. The third-order valence-electron chi connectivity index (χ3n) is 4.12. The summed E-state index contributed by atoms with van der Waals surface area (Å²) in [5, 5.41) is 9.97. The predicted molar refractivity (Wildman–Crippen MR) is 87.2 cm³/mol. The number of halogens is 1. The van der Waals surface area contributed by atoms with Gasteiger partial charge in [-0.1, -0.05) is 6.07 Å². The molecule has 1 aromatic heterocycles. The Kier molecular flexibility index (Phi) is 4.69. The molecule has 0 spiro atoms. The van der Waals surface area contributed by atoms with Crippen molar-refractivity contribution in [2.24, 2.45) is 7.05 Å². The van der Waals surface area contributed by atoms with E-state index < -0.39 is 0 Å². The van der Waals surface area contributed by atoms with Crippen molar-refractivity contribution in [1.82, 2.24) is 20.4 Å². The van der Waals surface area contributed by atoms with Crippen LogP contribution in [-0.2, 0) is 7.05 Å². The zero-order valence-electron chi connectivity index (χ0n) is 13.8. The number of nitrogens with zero attached hydrogens (tertiary/aromatic N) is 2. The highest BCUT2D eigenvalue weighted by molar-refractivity contribution is 5.75. The van der Waals surface area contributed by atoms with E-state index in [9.17, 15) is 9.18 Å². The van der Waals surface area contributed by atoms with Gasteiger partial charge >= 0.3 is 6.03 Å². The fraction of sp³-hybridized carbons (Fsp3) is 0.412. The number of hydrogen-bond acceptors (Lipinski definition) is 3. The van der Waals surface area contributed by atoms with Gasteiger partial charge < -0.3 is 15.4 Å². The van der Waals surface area contributed by atoms with E-state index in [2.05, 4.69) is 15.7 Å². The monoisotopic (exact) mass is 332 g/mol. The zero-order valence-corrected chi connectivity index (χ0v) is 13.8. The van der Waals surface area contributed by atoms with Crippen molar-refractivity contribution in [3.63, 3.8) is 0 Å². The Morgan fingerprint density at radius 1 is 1.50 bits per heavy atom. The summed E-state index contributed by atoms with van der Waals surface area (Å²) in [4.78, 5) is 12.3. The molecule has 3 rings (SSSR count). The minimum Gasteiger partial charge on any atom is -0.493 e. The first-order valence-electron chi connectivity index (χ1n) is 8.01. The molecule has 1 aliphatic heterocycles. The summed E-state index contributed by atoms with van der Waals surface area (Å²) in [6, 6.07) is 3.79. The Morgan fingerprint density at radius 2 is 2.33 bits per heavy atom. The van der Waals surface area contributed by atoms with Crippen LogP contribution in [0, 0.1) is 5.82 Å². The van der Waals surface area contributed by atoms with Gasteiger partial charge in [0.25, 0.3) is 0 Å². The van der Waals surface area contributed by atoms with Gasteiger partial charge in [-0.3, -0.25) is 4.68 Å². The van der Waals surface area contributed by atoms with Gasteiger partial charge in [-0.05, 0) is 25.8 Å². The molecule has 2 amide bonds. The molecule has 1 aromatic carbocycles. The summed E-state index contributed by atoms with van der Waals surface area (Å²) in [6.45, 7) is 2.42. The summed E-state index contributed by atoms with van der Waals surface area (Å²) in [5.74, 6) is 0.155. The quantitative estimate of drug-likeness (QED) is 0.908. The molecule has 2 atom stereocenters. The van der Waals surface area contributed by atoms with Gasteiger partial charge in [0.1, 0.15) is 11.6 Å². The second-order valence-corrected chi connectivity index (χ2v) is 6.01. The number of amides is 2. The maximum atomic E-state index is 13.4. The van der Waals surface area contributed by atoms with Gasteiger partial charge in [0.15, 0.2) is 0 Å². The minimum atomic E-state index is -0.343. The third-order valence-corrected chi connectivity index (χ3v) is 4.12. The molecule has 0 saturated heterocycles. The van der Waals surface area contributed by atoms with Crippen LogP contribution in [0.1, 0.15) is 43.0 Å². The van der Waals surface area contributed by atoms with Gasteiger partial charge in [-0.25, -0.2) is 9.18 Å². The Labute approximate surface area is 140 Å². The molecule has 0 unspecified atom stereocenters. The van der Waals surface area contributed by atoms with Crippen LogP contribution in [0.5, 0.6) is 5.75 Å². The van der Waals surface area contributed by atoms with Crippen LogP contribution in [0.3, 0.4) is 0 Å². The first kappa shape index (κ1) is 16.3. The molecule has 2 aromatic rings. The first-order chi connectivity index (χ1) is 11.5. The SMILES string of the molecule is C[C@@H](NC(=O)N[C@H]1CCCOc2cc(F)ccc21)c1cnn(C)c1. The number of aromatic nitrogens is 2. The Morgan fingerprint density at radius 3 is 3.08 bits per heavy atom. The summed E-state index contributed by atoms with van der Waals surface area (Å²) in [6.07, 6.45) is 5.12. The molecule has 0 saturated carbocycles. The average molecular weight is 332 g/mol. The van der Waals surface area contributed by atoms with Crippen molar-refractivity contribution in [3.05, 3.63) is 47.5 Å². The number of aryl methyl sites for hydroxylation is 1. The van der Waals surface area contributed by atoms with E-state index >= 15 is 0 Å². The van der Waals surface area contributed by atoms with E-state index in [-0.39, 0.29) is 23.9 Å². The van der Waals surface area contributed by atoms with Crippen LogP contribution in [0.2, 0.25) is 0 Å². The summed E-state index contributed by atoms with van der Waals surface area (Å²) >= 11 is 0. The highest BCUT2D eigenvalue weighted by atomic mass is 19.1. The molecule has 0 radical (unpaired) electrons. The number of carbonyl (C=O) groups is 1. The predicted octanol–water partition coefficient (Wildman–Crippen LogP) is 2.83. The Bertz CT molecular complexity index is 731. The number of fused-ring (bicyclic) bond motifs is 1. The largest absolute Gasteiger partial charge is 0.493 e. The van der Waals surface area contributed by atoms with Crippen molar-refractivity contribution in [1.29, 1.82) is 0 Å². The van der Waals surface area contributed by atoms with Crippen LogP contribution in [0.25, 0.3) is 0 Å². The molecule has 0 fully saturated rings. The molecular weight excluding hydrogens is 311 g/mol. The fourth-order valence-electron chi connectivity index (χ4n) is 2.84. The standard InChI is InChI=1S/C17H21FN4O2/c1-11(12-9-19-22(2)10-12)20-17(23)21-15-4-3-7-24-16-8-13(18)5-6-14(15)16/h5-6,8-11,15H,3-4,7H2,1-2H3,(H2,20,21,23)/t11-,15+/m1/s1. The second-order valence-electron chi connectivity index (χ2n) is 6.01. The number of hydrogen-bond donors (Lipinski definition) is 2. The lowest BCUT2D eigenvalue weighted by Crippen LogP contribution is -2.39. The summed E-state index contributed by atoms with van der Waals surface area (Å²) in [7, 11) is 1.83. The topological polar surface area (TPSA) is 68.2 Å². The van der Waals surface area contributed by atoms with E-state index in [0.29, 0.717) is 12.4 Å².